The topological polar surface area (TPSA) is 46.5 Å². The minimum atomic E-state index is -0.206. The number of rotatable bonds is 15. The molecule has 3 nitrogen and oxygen atoms in total. The number of aliphatic hydroxyl groups excluding tert-OH is 1. The van der Waals surface area contributed by atoms with Gasteiger partial charge in [-0.15, -0.1) is 0 Å². The first-order valence-electron chi connectivity index (χ1n) is 8.51. The summed E-state index contributed by atoms with van der Waals surface area (Å²) in [6.07, 6.45) is 12.2. The lowest BCUT2D eigenvalue weighted by Gasteiger charge is -2.10. The van der Waals surface area contributed by atoms with Crippen LogP contribution in [0.1, 0.15) is 83.5 Å². The van der Waals surface area contributed by atoms with Gasteiger partial charge in [0.25, 0.3) is 0 Å². The smallest absolute Gasteiger partial charge is 0.305 e. The van der Waals surface area contributed by atoms with Crippen LogP contribution in [0.5, 0.6) is 0 Å². The molecule has 1 N–H and O–H groups in total. The van der Waals surface area contributed by atoms with Gasteiger partial charge in [0.2, 0.25) is 0 Å². The van der Waals surface area contributed by atoms with Crippen LogP contribution in [0.25, 0.3) is 0 Å². The Morgan fingerprint density at radius 3 is 1.90 bits per heavy atom. The van der Waals surface area contributed by atoms with Crippen LogP contribution in [-0.2, 0) is 9.53 Å². The second-order valence-electron chi connectivity index (χ2n) is 5.78. The lowest BCUT2D eigenvalue weighted by molar-refractivity contribution is -0.140. The van der Waals surface area contributed by atoms with Gasteiger partial charge in [0.1, 0.15) is 0 Å². The monoisotopic (exact) mass is 304 g/mol. The number of carbonyl (C=O) groups is 1. The zero-order valence-electron chi connectivity index (χ0n) is 13.6. The second kappa shape index (κ2) is 15.7. The Balaban J connectivity index is 3.19. The Morgan fingerprint density at radius 2 is 1.38 bits per heavy atom. The normalized spacial score (nSPS) is 12.3. The van der Waals surface area contributed by atoms with E-state index in [1.54, 1.807) is 0 Å². The maximum atomic E-state index is 11.9. The Bertz CT molecular complexity index is 234. The quantitative estimate of drug-likeness (QED) is 0.356. The largest absolute Gasteiger partial charge is 0.469 e. The molecule has 0 aromatic heterocycles. The van der Waals surface area contributed by atoms with Crippen LogP contribution in [-0.4, -0.2) is 31.0 Å². The minimum absolute atomic E-state index is 0.128. The van der Waals surface area contributed by atoms with Crippen molar-refractivity contribution in [3.05, 3.63) is 0 Å². The van der Waals surface area contributed by atoms with Gasteiger partial charge < -0.3 is 9.84 Å². The van der Waals surface area contributed by atoms with Gasteiger partial charge in [-0.25, -0.2) is 0 Å². The Labute approximate surface area is 129 Å². The molecule has 0 amide bonds. The molecule has 126 valence electrons. The number of aliphatic hydroxyl groups is 1. The Kier molecular flexibility index (Phi) is 15.3. The van der Waals surface area contributed by atoms with Gasteiger partial charge in [-0.1, -0.05) is 51.4 Å². The SMILES string of the molecule is COC(=O)CCCCCCCC(O)CCCCCCCF. The molecular weight excluding hydrogens is 271 g/mol. The zero-order valence-corrected chi connectivity index (χ0v) is 13.6. The van der Waals surface area contributed by atoms with E-state index in [-0.39, 0.29) is 18.7 Å². The van der Waals surface area contributed by atoms with Crippen molar-refractivity contribution in [1.82, 2.24) is 0 Å². The van der Waals surface area contributed by atoms with Gasteiger partial charge in [0, 0.05) is 6.42 Å². The molecule has 4 heteroatoms. The van der Waals surface area contributed by atoms with Crippen LogP contribution < -0.4 is 0 Å². The minimum Gasteiger partial charge on any atom is -0.469 e. The number of esters is 1. The molecule has 0 radical (unpaired) electrons. The number of ether oxygens (including phenoxy) is 1. The summed E-state index contributed by atoms with van der Waals surface area (Å²) in [6, 6.07) is 0. The van der Waals surface area contributed by atoms with Crippen molar-refractivity contribution in [1.29, 1.82) is 0 Å². The number of hydrogen-bond donors (Lipinski definition) is 1. The van der Waals surface area contributed by atoms with E-state index in [1.807, 2.05) is 0 Å². The molecule has 1 atom stereocenters. The summed E-state index contributed by atoms with van der Waals surface area (Å²) in [4.78, 5) is 10.9. The molecule has 0 rings (SSSR count). The lowest BCUT2D eigenvalue weighted by atomic mass is 10.0. The van der Waals surface area contributed by atoms with E-state index in [9.17, 15) is 14.3 Å². The number of halogens is 1. The average Bonchev–Trinajstić information content (AvgIpc) is 2.49. The molecule has 0 aromatic carbocycles. The Morgan fingerprint density at radius 1 is 0.905 bits per heavy atom. The molecule has 0 spiro atoms. The summed E-state index contributed by atoms with van der Waals surface area (Å²) < 4.78 is 16.5. The number of hydrogen-bond acceptors (Lipinski definition) is 3. The predicted octanol–water partition coefficient (Wildman–Crippen LogP) is 4.56. The summed E-state index contributed by atoms with van der Waals surface area (Å²) in [6.45, 7) is -0.206. The lowest BCUT2D eigenvalue weighted by Crippen LogP contribution is -2.06. The highest BCUT2D eigenvalue weighted by Gasteiger charge is 2.04. The maximum absolute atomic E-state index is 11.9. The van der Waals surface area contributed by atoms with Crippen molar-refractivity contribution in [2.75, 3.05) is 13.8 Å². The molecular formula is C17H33FO3. The van der Waals surface area contributed by atoms with E-state index >= 15 is 0 Å². The van der Waals surface area contributed by atoms with Crippen molar-refractivity contribution >= 4 is 5.97 Å². The van der Waals surface area contributed by atoms with Gasteiger partial charge in [-0.05, 0) is 25.7 Å². The van der Waals surface area contributed by atoms with Crippen molar-refractivity contribution in [2.24, 2.45) is 0 Å². The van der Waals surface area contributed by atoms with E-state index in [1.165, 1.54) is 7.11 Å². The highest BCUT2D eigenvalue weighted by atomic mass is 19.1. The molecule has 0 aliphatic carbocycles. The maximum Gasteiger partial charge on any atom is 0.305 e. The summed E-state index contributed by atoms with van der Waals surface area (Å²) in [5, 5.41) is 9.84. The summed E-state index contributed by atoms with van der Waals surface area (Å²) in [5.41, 5.74) is 0. The van der Waals surface area contributed by atoms with Crippen molar-refractivity contribution in [2.45, 2.75) is 89.6 Å². The van der Waals surface area contributed by atoms with E-state index in [4.69, 9.17) is 0 Å². The molecule has 0 saturated heterocycles. The highest BCUT2D eigenvalue weighted by molar-refractivity contribution is 5.68. The first-order chi connectivity index (χ1) is 10.2. The van der Waals surface area contributed by atoms with Crippen molar-refractivity contribution in [3.63, 3.8) is 0 Å². The first-order valence-corrected chi connectivity index (χ1v) is 8.51. The predicted molar refractivity (Wildman–Crippen MR) is 84.0 cm³/mol. The molecule has 0 heterocycles. The number of methoxy groups -OCH3 is 1. The van der Waals surface area contributed by atoms with Crippen LogP contribution in [0.3, 0.4) is 0 Å². The fourth-order valence-corrected chi connectivity index (χ4v) is 2.43. The van der Waals surface area contributed by atoms with Gasteiger partial charge >= 0.3 is 5.97 Å². The molecule has 21 heavy (non-hydrogen) atoms. The van der Waals surface area contributed by atoms with Crippen LogP contribution in [0, 0.1) is 0 Å². The third-order valence-electron chi connectivity index (χ3n) is 3.82. The number of carbonyl (C=O) groups excluding carboxylic acids is 1. The molecule has 1 unspecified atom stereocenters. The summed E-state index contributed by atoms with van der Waals surface area (Å²) >= 11 is 0. The van der Waals surface area contributed by atoms with Gasteiger partial charge in [-0.3, -0.25) is 9.18 Å². The summed E-state index contributed by atoms with van der Waals surface area (Å²) in [7, 11) is 1.42. The first kappa shape index (κ1) is 20.4. The van der Waals surface area contributed by atoms with E-state index in [2.05, 4.69) is 4.74 Å². The Hall–Kier alpha value is -0.640. The number of alkyl halides is 1. The van der Waals surface area contributed by atoms with Gasteiger partial charge in [0.15, 0.2) is 0 Å². The van der Waals surface area contributed by atoms with E-state index in [0.29, 0.717) is 12.8 Å². The third kappa shape index (κ3) is 15.6. The van der Waals surface area contributed by atoms with Crippen molar-refractivity contribution < 1.29 is 19.0 Å². The molecule has 0 saturated carbocycles. The van der Waals surface area contributed by atoms with Gasteiger partial charge in [-0.2, -0.15) is 0 Å². The standard InChI is InChI=1S/C17H33FO3/c1-21-17(20)14-10-6-2-4-8-12-16(19)13-9-5-3-7-11-15-18/h16,19H,2-15H2,1H3. The third-order valence-corrected chi connectivity index (χ3v) is 3.82. The average molecular weight is 304 g/mol. The molecule has 0 aliphatic rings. The van der Waals surface area contributed by atoms with Crippen LogP contribution in [0.15, 0.2) is 0 Å². The van der Waals surface area contributed by atoms with Crippen LogP contribution >= 0.6 is 0 Å². The van der Waals surface area contributed by atoms with Crippen LogP contribution in [0.2, 0.25) is 0 Å². The fraction of sp³-hybridized carbons (Fsp3) is 0.941. The molecule has 0 aliphatic heterocycles. The van der Waals surface area contributed by atoms with Gasteiger partial charge in [0.05, 0.1) is 19.9 Å². The molecule has 0 aromatic rings. The highest BCUT2D eigenvalue weighted by Crippen LogP contribution is 2.13. The van der Waals surface area contributed by atoms with Crippen LogP contribution in [0.4, 0.5) is 4.39 Å². The fourth-order valence-electron chi connectivity index (χ4n) is 2.43. The number of unbranched alkanes of at least 4 members (excludes halogenated alkanes) is 8. The van der Waals surface area contributed by atoms with E-state index in [0.717, 1.165) is 70.6 Å². The summed E-state index contributed by atoms with van der Waals surface area (Å²) in [5.74, 6) is -0.128. The second-order valence-corrected chi connectivity index (χ2v) is 5.78. The van der Waals surface area contributed by atoms with E-state index < -0.39 is 0 Å². The molecule has 0 bridgehead atoms. The molecule has 0 fully saturated rings. The zero-order chi connectivity index (χ0) is 15.8. The van der Waals surface area contributed by atoms with Crippen molar-refractivity contribution in [3.8, 4) is 0 Å².